The van der Waals surface area contributed by atoms with Crippen molar-refractivity contribution in [2.75, 3.05) is 20.1 Å². The first-order valence-electron chi connectivity index (χ1n) is 4.27. The molecule has 1 heterocycles. The van der Waals surface area contributed by atoms with E-state index in [1.807, 2.05) is 13.8 Å². The molecule has 1 aliphatic rings. The first-order valence-corrected chi connectivity index (χ1v) is 4.27. The molecule has 1 fully saturated rings. The monoisotopic (exact) mass is 160 g/mol. The number of amides is 1. The summed E-state index contributed by atoms with van der Waals surface area (Å²) in [6.45, 7) is 5.83. The van der Waals surface area contributed by atoms with Crippen LogP contribution in [0.1, 0.15) is 21.7 Å². The maximum absolute atomic E-state index is 10.9. The first-order chi connectivity index (χ1) is 5.34. The van der Waals surface area contributed by atoms with Crippen molar-refractivity contribution >= 4 is 5.91 Å². The Labute approximate surface area is 70.0 Å². The van der Waals surface area contributed by atoms with Crippen molar-refractivity contribution < 1.29 is 6.22 Å². The summed E-state index contributed by atoms with van der Waals surface area (Å²) >= 11 is 0. The molecule has 11 heavy (non-hydrogen) atoms. The molecular weight excluding hydrogens is 140 g/mol. The zero-order valence-corrected chi connectivity index (χ0v) is 7.61. The van der Waals surface area contributed by atoms with E-state index in [9.17, 15) is 4.79 Å². The van der Waals surface area contributed by atoms with Gasteiger partial charge in [-0.05, 0) is 13.0 Å². The number of rotatable bonds is 1. The molecule has 0 saturated carbocycles. The van der Waals surface area contributed by atoms with Crippen molar-refractivity contribution in [2.24, 2.45) is 5.92 Å². The zero-order chi connectivity index (χ0) is 8.69. The van der Waals surface area contributed by atoms with Crippen molar-refractivity contribution in [2.45, 2.75) is 20.3 Å². The van der Waals surface area contributed by atoms with Gasteiger partial charge in [0.05, 0.1) is 5.92 Å². The molecule has 0 aromatic rings. The third-order valence-corrected chi connectivity index (χ3v) is 1.68. The maximum Gasteiger partial charge on any atom is 0.224 e. The van der Waals surface area contributed by atoms with Gasteiger partial charge in [0.15, 0.2) is 0 Å². The molecule has 0 spiro atoms. The fourth-order valence-electron chi connectivity index (χ4n) is 1.08. The van der Waals surface area contributed by atoms with Crippen LogP contribution in [-0.2, 0) is 4.79 Å². The van der Waals surface area contributed by atoms with Crippen LogP contribution in [0.25, 0.3) is 0 Å². The highest BCUT2D eigenvalue weighted by molar-refractivity contribution is 5.78. The Morgan fingerprint density at radius 1 is 1.64 bits per heavy atom. The van der Waals surface area contributed by atoms with Crippen LogP contribution in [0.5, 0.6) is 0 Å². The van der Waals surface area contributed by atoms with Gasteiger partial charge in [-0.1, -0.05) is 13.8 Å². The quantitative estimate of drug-likeness (QED) is 0.590. The second-order valence-electron chi connectivity index (χ2n) is 2.30. The Bertz CT molecular complexity index is 114. The van der Waals surface area contributed by atoms with Gasteiger partial charge in [-0.3, -0.25) is 4.79 Å². The van der Waals surface area contributed by atoms with Crippen LogP contribution in [0.4, 0.5) is 0 Å². The van der Waals surface area contributed by atoms with Crippen LogP contribution in [-0.4, -0.2) is 26.0 Å². The summed E-state index contributed by atoms with van der Waals surface area (Å²) in [5, 5.41) is 5.75. The fraction of sp³-hybridized carbons (Fsp3) is 0.875. The number of hydrogen-bond donors (Lipinski definition) is 2. The van der Waals surface area contributed by atoms with Gasteiger partial charge in [-0.25, -0.2) is 0 Å². The molecule has 0 radical (unpaired) electrons. The second-order valence-corrected chi connectivity index (χ2v) is 2.30. The van der Waals surface area contributed by atoms with Crippen LogP contribution in [0.15, 0.2) is 0 Å². The lowest BCUT2D eigenvalue weighted by Crippen LogP contribution is -2.28. The van der Waals surface area contributed by atoms with Gasteiger partial charge in [0.2, 0.25) is 5.91 Å². The van der Waals surface area contributed by atoms with E-state index in [2.05, 4.69) is 10.6 Å². The average Bonchev–Trinajstić information content (AvgIpc) is 2.59. The molecule has 1 atom stereocenters. The topological polar surface area (TPSA) is 41.1 Å². The molecular formula is C8H20N2O. The maximum atomic E-state index is 10.9. The van der Waals surface area contributed by atoms with Crippen LogP contribution in [0, 0.1) is 5.92 Å². The van der Waals surface area contributed by atoms with Crippen LogP contribution in [0.3, 0.4) is 0 Å². The van der Waals surface area contributed by atoms with E-state index in [1.165, 1.54) is 0 Å². The highest BCUT2D eigenvalue weighted by Gasteiger charge is 2.20. The van der Waals surface area contributed by atoms with Gasteiger partial charge in [0.25, 0.3) is 0 Å². The smallest absolute Gasteiger partial charge is 0.224 e. The van der Waals surface area contributed by atoms with E-state index < -0.39 is 0 Å². The summed E-state index contributed by atoms with van der Waals surface area (Å²) < 4.78 is 0. The molecule has 1 amide bonds. The first kappa shape index (κ1) is 10.4. The van der Waals surface area contributed by atoms with E-state index >= 15 is 0 Å². The van der Waals surface area contributed by atoms with Crippen molar-refractivity contribution in [1.82, 2.24) is 10.6 Å². The largest absolute Gasteiger partial charge is 0.359 e. The lowest BCUT2D eigenvalue weighted by molar-refractivity contribution is -0.123. The molecule has 3 heteroatoms. The number of hydrogen-bond acceptors (Lipinski definition) is 2. The normalized spacial score (nSPS) is 21.9. The summed E-state index contributed by atoms with van der Waals surface area (Å²) in [6.07, 6.45) is 0.986. The summed E-state index contributed by atoms with van der Waals surface area (Å²) in [6, 6.07) is 0. The van der Waals surface area contributed by atoms with Gasteiger partial charge in [-0.15, -0.1) is 0 Å². The van der Waals surface area contributed by atoms with Gasteiger partial charge in [0.1, 0.15) is 0 Å². The zero-order valence-electron chi connectivity index (χ0n) is 7.61. The van der Waals surface area contributed by atoms with E-state index in [0.717, 1.165) is 19.5 Å². The molecule has 68 valence electrons. The van der Waals surface area contributed by atoms with E-state index in [-0.39, 0.29) is 13.3 Å². The molecule has 0 aliphatic carbocycles. The Morgan fingerprint density at radius 2 is 2.27 bits per heavy atom. The fourth-order valence-corrected chi connectivity index (χ4v) is 1.08. The Hall–Kier alpha value is -0.570. The Kier molecular flexibility index (Phi) is 5.84. The molecule has 1 aliphatic heterocycles. The third kappa shape index (κ3) is 3.37. The van der Waals surface area contributed by atoms with Crippen molar-refractivity contribution in [3.8, 4) is 0 Å². The average molecular weight is 160 g/mol. The van der Waals surface area contributed by atoms with Gasteiger partial charge < -0.3 is 10.6 Å². The van der Waals surface area contributed by atoms with Crippen LogP contribution < -0.4 is 10.6 Å². The number of carbonyl (C=O) groups is 1. The molecule has 0 aromatic heterocycles. The number of carbonyl (C=O) groups excluding carboxylic acids is 1. The van der Waals surface area contributed by atoms with Crippen molar-refractivity contribution in [3.63, 3.8) is 0 Å². The lowest BCUT2D eigenvalue weighted by atomic mass is 10.1. The highest BCUT2D eigenvalue weighted by atomic mass is 16.1. The number of nitrogens with one attached hydrogen (secondary N) is 2. The van der Waals surface area contributed by atoms with E-state index in [4.69, 9.17) is 0 Å². The van der Waals surface area contributed by atoms with Gasteiger partial charge >= 0.3 is 0 Å². The van der Waals surface area contributed by atoms with Crippen molar-refractivity contribution in [3.05, 3.63) is 0 Å². The second kappa shape index (κ2) is 6.16. The molecule has 1 unspecified atom stereocenters. The predicted molar refractivity (Wildman–Crippen MR) is 48.5 cm³/mol. The van der Waals surface area contributed by atoms with Gasteiger partial charge in [-0.2, -0.15) is 0 Å². The summed E-state index contributed by atoms with van der Waals surface area (Å²) in [5.74, 6) is 0.384. The highest BCUT2D eigenvalue weighted by Crippen LogP contribution is 2.05. The standard InChI is InChI=1S/C6H12N2O.C2H6.H2/c1-7-6(9)5-2-3-8-4-5;1-2;/h5,8H,2-4H2,1H3,(H,7,9);1-2H3;1H. The predicted octanol–water partition coefficient (Wildman–Crippen LogP) is 0.614. The summed E-state index contributed by atoms with van der Waals surface area (Å²) in [4.78, 5) is 10.9. The van der Waals surface area contributed by atoms with Crippen molar-refractivity contribution in [1.29, 1.82) is 0 Å². The molecule has 2 N–H and O–H groups in total. The molecule has 3 nitrogen and oxygen atoms in total. The van der Waals surface area contributed by atoms with E-state index in [0.29, 0.717) is 0 Å². The minimum Gasteiger partial charge on any atom is -0.359 e. The lowest BCUT2D eigenvalue weighted by Gasteiger charge is -2.03. The minimum absolute atomic E-state index is 0. The minimum atomic E-state index is 0. The molecule has 1 saturated heterocycles. The van der Waals surface area contributed by atoms with Gasteiger partial charge in [0, 0.05) is 15.0 Å². The van der Waals surface area contributed by atoms with E-state index in [1.54, 1.807) is 7.05 Å². The third-order valence-electron chi connectivity index (χ3n) is 1.68. The van der Waals surface area contributed by atoms with Crippen LogP contribution >= 0.6 is 0 Å². The Balaban J connectivity index is 0. The molecule has 0 aromatic carbocycles. The van der Waals surface area contributed by atoms with Crippen LogP contribution in [0.2, 0.25) is 0 Å². The summed E-state index contributed by atoms with van der Waals surface area (Å²) in [7, 11) is 1.68. The molecule has 0 bridgehead atoms. The SMILES string of the molecule is CC.CNC(=O)C1CCNC1.[HH]. The Morgan fingerprint density at radius 3 is 2.64 bits per heavy atom. The molecule has 1 rings (SSSR count). The summed E-state index contributed by atoms with van der Waals surface area (Å²) in [5.41, 5.74) is 0.